The molecule has 1 saturated heterocycles. The standard InChI is InChI=1S/C14H23N3OS/c1-12(10-15)14(18)17-6-3-5-16(7-8-17)11-13-4-2-9-19-13/h2,4,9,12H,3,5-8,10-11,15H2,1H3. The van der Waals surface area contributed by atoms with Crippen molar-refractivity contribution in [2.45, 2.75) is 19.9 Å². The van der Waals surface area contributed by atoms with Crippen LogP contribution in [0.4, 0.5) is 0 Å². The summed E-state index contributed by atoms with van der Waals surface area (Å²) in [5.41, 5.74) is 5.58. The first-order valence-electron chi connectivity index (χ1n) is 6.94. The van der Waals surface area contributed by atoms with E-state index in [0.29, 0.717) is 6.54 Å². The van der Waals surface area contributed by atoms with Crippen molar-refractivity contribution in [2.24, 2.45) is 11.7 Å². The highest BCUT2D eigenvalue weighted by atomic mass is 32.1. The predicted octanol–water partition coefficient (Wildman–Crippen LogP) is 1.38. The number of nitrogens with two attached hydrogens (primary N) is 1. The van der Waals surface area contributed by atoms with Crippen LogP contribution in [0, 0.1) is 5.92 Å². The van der Waals surface area contributed by atoms with E-state index in [0.717, 1.165) is 39.1 Å². The van der Waals surface area contributed by atoms with Gasteiger partial charge in [-0.1, -0.05) is 13.0 Å². The van der Waals surface area contributed by atoms with Crippen LogP contribution in [0.2, 0.25) is 0 Å². The lowest BCUT2D eigenvalue weighted by Gasteiger charge is -2.24. The third kappa shape index (κ3) is 4.03. The van der Waals surface area contributed by atoms with E-state index < -0.39 is 0 Å². The van der Waals surface area contributed by atoms with Crippen LogP contribution in [-0.2, 0) is 11.3 Å². The molecule has 106 valence electrons. The largest absolute Gasteiger partial charge is 0.341 e. The molecule has 19 heavy (non-hydrogen) atoms. The Balaban J connectivity index is 1.86. The Morgan fingerprint density at radius 2 is 2.26 bits per heavy atom. The van der Waals surface area contributed by atoms with Gasteiger partial charge in [0.05, 0.1) is 0 Å². The molecule has 0 spiro atoms. The minimum atomic E-state index is -0.0520. The van der Waals surface area contributed by atoms with Crippen LogP contribution >= 0.6 is 11.3 Å². The Morgan fingerprint density at radius 3 is 2.95 bits per heavy atom. The molecule has 1 aromatic heterocycles. The monoisotopic (exact) mass is 281 g/mol. The molecule has 0 radical (unpaired) electrons. The maximum absolute atomic E-state index is 12.1. The van der Waals surface area contributed by atoms with Gasteiger partial charge in [-0.25, -0.2) is 0 Å². The second kappa shape index (κ2) is 7.03. The Hall–Kier alpha value is -0.910. The first-order chi connectivity index (χ1) is 9.20. The fraction of sp³-hybridized carbons (Fsp3) is 0.643. The Labute approximate surface area is 119 Å². The number of carbonyl (C=O) groups excluding carboxylic acids is 1. The van der Waals surface area contributed by atoms with Gasteiger partial charge in [-0.2, -0.15) is 0 Å². The number of carbonyl (C=O) groups is 1. The van der Waals surface area contributed by atoms with Crippen molar-refractivity contribution >= 4 is 17.2 Å². The Kier molecular flexibility index (Phi) is 5.36. The highest BCUT2D eigenvalue weighted by molar-refractivity contribution is 7.09. The smallest absolute Gasteiger partial charge is 0.226 e. The molecule has 1 aliphatic rings. The van der Waals surface area contributed by atoms with E-state index in [9.17, 15) is 4.79 Å². The van der Waals surface area contributed by atoms with Crippen LogP contribution in [0.1, 0.15) is 18.2 Å². The lowest BCUT2D eigenvalue weighted by Crippen LogP contribution is -2.40. The molecule has 2 rings (SSSR count). The maximum atomic E-state index is 12.1. The van der Waals surface area contributed by atoms with Crippen LogP contribution in [0.3, 0.4) is 0 Å². The SMILES string of the molecule is CC(CN)C(=O)N1CCCN(Cc2cccs2)CC1. The van der Waals surface area contributed by atoms with Crippen LogP contribution in [0.15, 0.2) is 17.5 Å². The van der Waals surface area contributed by atoms with Gasteiger partial charge in [-0.3, -0.25) is 9.69 Å². The van der Waals surface area contributed by atoms with E-state index in [1.807, 2.05) is 11.8 Å². The zero-order valence-electron chi connectivity index (χ0n) is 11.5. The number of rotatable bonds is 4. The van der Waals surface area contributed by atoms with Gasteiger partial charge in [-0.05, 0) is 17.9 Å². The van der Waals surface area contributed by atoms with Crippen molar-refractivity contribution in [2.75, 3.05) is 32.7 Å². The molecule has 5 heteroatoms. The lowest BCUT2D eigenvalue weighted by molar-refractivity contribution is -0.134. The zero-order chi connectivity index (χ0) is 13.7. The molecule has 2 N–H and O–H groups in total. The summed E-state index contributed by atoms with van der Waals surface area (Å²) in [6, 6.07) is 4.27. The number of nitrogens with zero attached hydrogens (tertiary/aromatic N) is 2. The van der Waals surface area contributed by atoms with Gasteiger partial charge in [-0.15, -0.1) is 11.3 Å². The number of amides is 1. The molecule has 1 aromatic rings. The van der Waals surface area contributed by atoms with E-state index in [2.05, 4.69) is 22.4 Å². The van der Waals surface area contributed by atoms with Gasteiger partial charge < -0.3 is 10.6 Å². The molecule has 4 nitrogen and oxygen atoms in total. The van der Waals surface area contributed by atoms with E-state index in [1.165, 1.54) is 4.88 Å². The van der Waals surface area contributed by atoms with Crippen LogP contribution < -0.4 is 5.73 Å². The van der Waals surface area contributed by atoms with E-state index >= 15 is 0 Å². The highest BCUT2D eigenvalue weighted by Gasteiger charge is 2.22. The minimum absolute atomic E-state index is 0.0520. The van der Waals surface area contributed by atoms with Crippen LogP contribution in [-0.4, -0.2) is 48.4 Å². The van der Waals surface area contributed by atoms with Gasteiger partial charge in [0.1, 0.15) is 0 Å². The highest BCUT2D eigenvalue weighted by Crippen LogP contribution is 2.14. The maximum Gasteiger partial charge on any atom is 0.226 e. The second-order valence-corrected chi connectivity index (χ2v) is 6.20. The normalized spacial score (nSPS) is 19.2. The van der Waals surface area contributed by atoms with Crippen molar-refractivity contribution in [1.82, 2.24) is 9.80 Å². The van der Waals surface area contributed by atoms with Crippen molar-refractivity contribution in [3.05, 3.63) is 22.4 Å². The topological polar surface area (TPSA) is 49.6 Å². The fourth-order valence-corrected chi connectivity index (χ4v) is 3.13. The second-order valence-electron chi connectivity index (χ2n) is 5.17. The molecule has 0 saturated carbocycles. The molecule has 0 bridgehead atoms. The molecule has 1 unspecified atom stereocenters. The molecule has 1 fully saturated rings. The van der Waals surface area contributed by atoms with Crippen molar-refractivity contribution in [3.63, 3.8) is 0 Å². The molecule has 0 aromatic carbocycles. The number of thiophene rings is 1. The summed E-state index contributed by atoms with van der Waals surface area (Å²) in [5, 5.41) is 2.12. The summed E-state index contributed by atoms with van der Waals surface area (Å²) in [7, 11) is 0. The predicted molar refractivity (Wildman–Crippen MR) is 79.0 cm³/mol. The third-order valence-corrected chi connectivity index (χ3v) is 4.50. The molecule has 2 heterocycles. The summed E-state index contributed by atoms with van der Waals surface area (Å²) >= 11 is 1.80. The molecule has 1 aliphatic heterocycles. The first-order valence-corrected chi connectivity index (χ1v) is 7.82. The Morgan fingerprint density at radius 1 is 1.42 bits per heavy atom. The third-order valence-electron chi connectivity index (χ3n) is 3.63. The summed E-state index contributed by atoms with van der Waals surface area (Å²) in [6.07, 6.45) is 1.05. The van der Waals surface area contributed by atoms with Gasteiger partial charge in [0.25, 0.3) is 0 Å². The minimum Gasteiger partial charge on any atom is -0.341 e. The molecule has 1 atom stereocenters. The van der Waals surface area contributed by atoms with E-state index in [-0.39, 0.29) is 11.8 Å². The van der Waals surface area contributed by atoms with Gasteiger partial charge >= 0.3 is 0 Å². The van der Waals surface area contributed by atoms with Gasteiger partial charge in [0, 0.05) is 50.1 Å². The van der Waals surface area contributed by atoms with Crippen LogP contribution in [0.5, 0.6) is 0 Å². The molecular formula is C14H23N3OS. The fourth-order valence-electron chi connectivity index (χ4n) is 2.38. The van der Waals surface area contributed by atoms with E-state index in [1.54, 1.807) is 11.3 Å². The average molecular weight is 281 g/mol. The molecule has 1 amide bonds. The van der Waals surface area contributed by atoms with E-state index in [4.69, 9.17) is 5.73 Å². The number of hydrogen-bond acceptors (Lipinski definition) is 4. The summed E-state index contributed by atoms with van der Waals surface area (Å²) in [6.45, 7) is 7.08. The quantitative estimate of drug-likeness (QED) is 0.907. The molecule has 0 aliphatic carbocycles. The summed E-state index contributed by atoms with van der Waals surface area (Å²) in [5.74, 6) is 0.157. The Bertz CT molecular complexity index is 393. The van der Waals surface area contributed by atoms with Crippen molar-refractivity contribution in [3.8, 4) is 0 Å². The zero-order valence-corrected chi connectivity index (χ0v) is 12.4. The first kappa shape index (κ1) is 14.5. The van der Waals surface area contributed by atoms with Crippen LogP contribution in [0.25, 0.3) is 0 Å². The molecular weight excluding hydrogens is 258 g/mol. The van der Waals surface area contributed by atoms with Gasteiger partial charge in [0.15, 0.2) is 0 Å². The lowest BCUT2D eigenvalue weighted by atomic mass is 10.1. The van der Waals surface area contributed by atoms with Gasteiger partial charge in [0.2, 0.25) is 5.91 Å². The average Bonchev–Trinajstić information content (AvgIpc) is 2.82. The van der Waals surface area contributed by atoms with Crippen molar-refractivity contribution < 1.29 is 4.79 Å². The van der Waals surface area contributed by atoms with Crippen molar-refractivity contribution in [1.29, 1.82) is 0 Å². The summed E-state index contributed by atoms with van der Waals surface area (Å²) in [4.78, 5) is 17.9. The summed E-state index contributed by atoms with van der Waals surface area (Å²) < 4.78 is 0. The number of hydrogen-bond donors (Lipinski definition) is 1.